The predicted molar refractivity (Wildman–Crippen MR) is 349 cm³/mol. The topological polar surface area (TPSA) is 275 Å². The number of nitrogens with zero attached hydrogens (tertiary/aromatic N) is 6. The van der Waals surface area contributed by atoms with Crippen molar-refractivity contribution in [2.45, 2.75) is 28.5 Å². The minimum atomic E-state index is -4.17. The summed E-state index contributed by atoms with van der Waals surface area (Å²) < 4.78 is 119. The number of pyridine rings is 3. The van der Waals surface area contributed by atoms with Crippen molar-refractivity contribution >= 4 is 109 Å². The number of anilines is 6. The van der Waals surface area contributed by atoms with Gasteiger partial charge in [-0.15, -0.1) is 0 Å². The van der Waals surface area contributed by atoms with Crippen molar-refractivity contribution in [3.8, 4) is 23.0 Å². The zero-order valence-electron chi connectivity index (χ0n) is 49.5. The molecule has 0 unspecified atom stereocenters. The van der Waals surface area contributed by atoms with Crippen molar-refractivity contribution in [1.82, 2.24) is 15.0 Å². The summed E-state index contributed by atoms with van der Waals surface area (Å²) in [5, 5.41) is 8.33. The number of methoxy groups -OCH3 is 4. The highest BCUT2D eigenvalue weighted by molar-refractivity contribution is 9.10. The first kappa shape index (κ1) is 68.8. The largest absolute Gasteiger partial charge is 0.497 e. The number of hydrogen-bond donors (Lipinski definition) is 3. The highest BCUT2D eigenvalue weighted by Gasteiger charge is 2.33. The van der Waals surface area contributed by atoms with Gasteiger partial charge in [0, 0.05) is 46.3 Å². The van der Waals surface area contributed by atoms with Gasteiger partial charge in [0.2, 0.25) is 17.7 Å². The lowest BCUT2D eigenvalue weighted by Gasteiger charge is -2.26. The molecule has 0 spiro atoms. The number of aromatic nitrogens is 3. The maximum Gasteiger partial charge on any atom is 0.264 e. The Bertz CT molecular complexity index is 4130. The minimum absolute atomic E-state index is 0.0315. The molecule has 0 saturated heterocycles. The van der Waals surface area contributed by atoms with E-state index < -0.39 is 73.2 Å². The van der Waals surface area contributed by atoms with Crippen LogP contribution in [0, 0.1) is 19.7 Å². The Kier molecular flexibility index (Phi) is 24.0. The fourth-order valence-electron chi connectivity index (χ4n) is 8.36. The van der Waals surface area contributed by atoms with E-state index in [9.17, 15) is 44.0 Å². The second-order valence-corrected chi connectivity index (χ2v) is 26.0. The molecule has 3 aromatic heterocycles. The van der Waals surface area contributed by atoms with E-state index in [1.807, 2.05) is 0 Å². The van der Waals surface area contributed by atoms with Crippen LogP contribution in [0.25, 0.3) is 0 Å². The normalized spacial score (nSPS) is 11.0. The van der Waals surface area contributed by atoms with Crippen molar-refractivity contribution in [2.24, 2.45) is 0 Å². The number of carbonyl (C=O) groups is 3. The first-order chi connectivity index (χ1) is 43.5. The van der Waals surface area contributed by atoms with Gasteiger partial charge in [-0.1, -0.05) is 39.7 Å². The fraction of sp³-hybridized carbons (Fsp3) is 0.143. The van der Waals surface area contributed by atoms with Gasteiger partial charge in [0.1, 0.15) is 48.4 Å². The van der Waals surface area contributed by atoms with Gasteiger partial charge >= 0.3 is 0 Å². The van der Waals surface area contributed by atoms with Gasteiger partial charge in [-0.3, -0.25) is 42.3 Å². The monoisotopic (exact) mass is 1380 g/mol. The van der Waals surface area contributed by atoms with Crippen LogP contribution in [0.15, 0.2) is 220 Å². The van der Waals surface area contributed by atoms with E-state index in [2.05, 4.69) is 46.8 Å². The Hall–Kier alpha value is -9.67. The number of aryl methyl sites for hydroxylation is 2. The maximum atomic E-state index is 13.5. The quantitative estimate of drug-likeness (QED) is 0.0569. The Labute approximate surface area is 539 Å². The van der Waals surface area contributed by atoms with Crippen LogP contribution in [0.2, 0.25) is 5.02 Å². The lowest BCUT2D eigenvalue weighted by Crippen LogP contribution is -2.38. The average Bonchev–Trinajstić information content (AvgIpc) is 0.823. The van der Waals surface area contributed by atoms with Crippen molar-refractivity contribution in [1.29, 1.82) is 0 Å². The third kappa shape index (κ3) is 18.5. The smallest absolute Gasteiger partial charge is 0.264 e. The fourth-order valence-corrected chi connectivity index (χ4v) is 13.1. The Morgan fingerprint density at radius 2 is 0.791 bits per heavy atom. The highest BCUT2D eigenvalue weighted by atomic mass is 79.9. The lowest BCUT2D eigenvalue weighted by molar-refractivity contribution is -0.115. The van der Waals surface area contributed by atoms with Crippen molar-refractivity contribution in [3.05, 3.63) is 227 Å². The zero-order valence-corrected chi connectivity index (χ0v) is 54.3. The molecule has 6 aromatic carbocycles. The SMILES string of the molecule is COc1ccc(C)c(N(CC(=O)Nc2cccnc2)S(=O)(=O)c2ccc(Br)cc2)c1.COc1ccc(C)c(N(CC(=O)Nc2cccnc2)S(=O)(=O)c2ccc(F)cc2)c1.COc1ccc(OC)c(N(CC(=O)Nc2cccnc2)S(=O)(=O)c2ccc(Cl)cc2)c1. The first-order valence-corrected chi connectivity index (χ1v) is 32.4. The third-order valence-corrected chi connectivity index (χ3v) is 19.0. The molecule has 3 amide bonds. The number of carbonyl (C=O) groups excluding carboxylic acids is 3. The molecule has 0 aliphatic heterocycles. The van der Waals surface area contributed by atoms with E-state index in [-0.39, 0.29) is 31.8 Å². The summed E-state index contributed by atoms with van der Waals surface area (Å²) in [4.78, 5) is 49.8. The second kappa shape index (κ2) is 31.7. The van der Waals surface area contributed by atoms with Gasteiger partial charge in [-0.25, -0.2) is 29.6 Å². The van der Waals surface area contributed by atoms with Gasteiger partial charge in [0.05, 0.1) is 95.8 Å². The van der Waals surface area contributed by atoms with Crippen LogP contribution in [-0.4, -0.2) is 106 Å². The average molecular weight is 1380 g/mol. The van der Waals surface area contributed by atoms with Gasteiger partial charge < -0.3 is 34.9 Å². The van der Waals surface area contributed by atoms with E-state index in [1.165, 1.54) is 95.6 Å². The number of amides is 3. The van der Waals surface area contributed by atoms with Gasteiger partial charge in [-0.2, -0.15) is 0 Å². The number of benzene rings is 6. The molecule has 474 valence electrons. The molecule has 91 heavy (non-hydrogen) atoms. The number of halogens is 3. The summed E-state index contributed by atoms with van der Waals surface area (Å²) in [6.07, 6.45) is 9.10. The molecule has 0 aliphatic rings. The van der Waals surface area contributed by atoms with Crippen LogP contribution in [0.5, 0.6) is 23.0 Å². The summed E-state index contributed by atoms with van der Waals surface area (Å²) in [7, 11) is -6.52. The maximum absolute atomic E-state index is 13.5. The molecule has 0 atom stereocenters. The number of nitrogens with one attached hydrogen (secondary N) is 3. The number of hydrogen-bond acceptors (Lipinski definition) is 16. The molecule has 0 saturated carbocycles. The van der Waals surface area contributed by atoms with E-state index >= 15 is 0 Å². The molecule has 3 heterocycles. The van der Waals surface area contributed by atoms with Gasteiger partial charge in [-0.05, 0) is 158 Å². The minimum Gasteiger partial charge on any atom is -0.497 e. The molecule has 0 bridgehead atoms. The van der Waals surface area contributed by atoms with E-state index in [1.54, 1.807) is 123 Å². The molecule has 9 aromatic rings. The summed E-state index contributed by atoms with van der Waals surface area (Å²) in [5.74, 6) is -0.598. The molecule has 28 heteroatoms. The molecular weight excluding hydrogens is 1320 g/mol. The van der Waals surface area contributed by atoms with Crippen molar-refractivity contribution in [2.75, 3.05) is 76.9 Å². The Morgan fingerprint density at radius 1 is 0.462 bits per heavy atom. The summed E-state index contributed by atoms with van der Waals surface area (Å²) >= 11 is 9.21. The van der Waals surface area contributed by atoms with Crippen molar-refractivity contribution < 1.29 is 63.0 Å². The van der Waals surface area contributed by atoms with Crippen LogP contribution in [-0.2, 0) is 44.5 Å². The standard InChI is InChI=1S/C21H20BrN3O4S.C21H20ClN3O5S.C21H20FN3O4S/c1-15-5-8-18(29-2)12-20(15)25(14-21(26)24-17-4-3-11-23-13-17)30(27,28)19-9-6-16(22)7-10-19;1-29-17-7-10-20(30-2)19(12-17)25(14-21(26)24-16-4-3-11-23-13-16)31(27,28)18-8-5-15(22)6-9-18;1-15-5-8-18(29-2)12-20(15)25(14-21(26)24-17-4-3-11-23-13-17)30(27,28)19-9-6-16(22)7-10-19/h3-13H,14H2,1-2H3,(H,24,26);3-13H,14H2,1-2H3,(H,24,26);3-13H,14H2,1-2H3,(H,24,26). The van der Waals surface area contributed by atoms with E-state index in [0.717, 1.165) is 41.7 Å². The van der Waals surface area contributed by atoms with Crippen LogP contribution in [0.4, 0.5) is 38.5 Å². The first-order valence-electron chi connectivity index (χ1n) is 26.9. The summed E-state index contributed by atoms with van der Waals surface area (Å²) in [6.45, 7) is 2.08. The molecule has 22 nitrogen and oxygen atoms in total. The van der Waals surface area contributed by atoms with E-state index in [0.29, 0.717) is 56.1 Å². The van der Waals surface area contributed by atoms with E-state index in [4.69, 9.17) is 30.5 Å². The molecular formula is C63H60BrClFN9O13S3. The highest BCUT2D eigenvalue weighted by Crippen LogP contribution is 2.37. The van der Waals surface area contributed by atoms with Crippen LogP contribution >= 0.6 is 27.5 Å². The van der Waals surface area contributed by atoms with Crippen LogP contribution < -0.4 is 47.8 Å². The Morgan fingerprint density at radius 3 is 1.13 bits per heavy atom. The van der Waals surface area contributed by atoms with Gasteiger partial charge in [0.15, 0.2) is 0 Å². The molecule has 0 radical (unpaired) electrons. The molecule has 3 N–H and O–H groups in total. The number of rotatable bonds is 22. The second-order valence-electron chi connectivity index (χ2n) is 19.1. The lowest BCUT2D eigenvalue weighted by atomic mass is 10.2. The summed E-state index contributed by atoms with van der Waals surface area (Å²) in [6, 6.07) is 41.0. The molecule has 0 aliphatic carbocycles. The van der Waals surface area contributed by atoms with Gasteiger partial charge in [0.25, 0.3) is 30.1 Å². The van der Waals surface area contributed by atoms with Crippen LogP contribution in [0.1, 0.15) is 11.1 Å². The Balaban J connectivity index is 0.000000194. The molecule has 9 rings (SSSR count). The number of sulfonamides is 3. The van der Waals surface area contributed by atoms with Crippen LogP contribution in [0.3, 0.4) is 0 Å². The summed E-state index contributed by atoms with van der Waals surface area (Å²) in [5.41, 5.74) is 3.45. The third-order valence-electron chi connectivity index (χ3n) is 12.9. The van der Waals surface area contributed by atoms with Crippen molar-refractivity contribution in [3.63, 3.8) is 0 Å². The zero-order chi connectivity index (χ0) is 65.9. The molecule has 0 fully saturated rings. The predicted octanol–water partition coefficient (Wildman–Crippen LogP) is 11.0. The number of ether oxygens (including phenoxy) is 4.